The second kappa shape index (κ2) is 6.24. The predicted octanol–water partition coefficient (Wildman–Crippen LogP) is 4.99. The molecular weight excluding hydrogens is 364 g/mol. The first-order valence-corrected chi connectivity index (χ1v) is 8.72. The molecule has 4 rings (SSSR count). The van der Waals surface area contributed by atoms with Crippen LogP contribution in [0.15, 0.2) is 59.1 Å². The topological polar surface area (TPSA) is 41.1 Å². The molecule has 3 aromatic rings. The van der Waals surface area contributed by atoms with Crippen molar-refractivity contribution < 1.29 is 0 Å². The predicted molar refractivity (Wildman–Crippen MR) is 101 cm³/mol. The lowest BCUT2D eigenvalue weighted by Crippen LogP contribution is -2.16. The first kappa shape index (κ1) is 15.1. The number of hydrogen-bond acceptors (Lipinski definition) is 4. The molecule has 0 saturated carbocycles. The van der Waals surface area contributed by atoms with Crippen LogP contribution in [0.25, 0.3) is 0 Å². The lowest BCUT2D eigenvalue weighted by Gasteiger charge is -2.19. The van der Waals surface area contributed by atoms with Crippen molar-refractivity contribution in [2.24, 2.45) is 0 Å². The van der Waals surface area contributed by atoms with E-state index in [1.54, 1.807) is 0 Å². The van der Waals surface area contributed by atoms with E-state index in [1.165, 1.54) is 11.3 Å². The summed E-state index contributed by atoms with van der Waals surface area (Å²) >= 11 is 3.49. The smallest absolute Gasteiger partial charge is 0.229 e. The van der Waals surface area contributed by atoms with E-state index in [2.05, 4.69) is 55.4 Å². The molecule has 2 aromatic carbocycles. The Morgan fingerprint density at radius 2 is 1.92 bits per heavy atom. The minimum absolute atomic E-state index is 0.618. The van der Waals surface area contributed by atoms with Gasteiger partial charge in [0.05, 0.1) is 0 Å². The third-order valence-electron chi connectivity index (χ3n) is 4.09. The monoisotopic (exact) mass is 380 g/mol. The summed E-state index contributed by atoms with van der Waals surface area (Å²) in [7, 11) is 0. The van der Waals surface area contributed by atoms with Gasteiger partial charge in [-0.25, -0.2) is 4.98 Å². The van der Waals surface area contributed by atoms with Crippen LogP contribution in [0.1, 0.15) is 11.3 Å². The van der Waals surface area contributed by atoms with E-state index in [0.717, 1.165) is 34.6 Å². The van der Waals surface area contributed by atoms with Crippen LogP contribution in [0.5, 0.6) is 0 Å². The molecule has 1 aliphatic rings. The number of anilines is 4. The third kappa shape index (κ3) is 2.99. The van der Waals surface area contributed by atoms with Crippen molar-refractivity contribution in [2.75, 3.05) is 16.8 Å². The lowest BCUT2D eigenvalue weighted by molar-refractivity contribution is 0.959. The SMILES string of the molecule is Cc1cc(N2CCc3ccccc32)nc(Nc2cccc(Br)c2)n1. The first-order valence-electron chi connectivity index (χ1n) is 7.93. The first-order chi connectivity index (χ1) is 11.7. The molecule has 24 heavy (non-hydrogen) atoms. The normalized spacial score (nSPS) is 13.0. The van der Waals surface area contributed by atoms with Gasteiger partial charge in [0.15, 0.2) is 0 Å². The fourth-order valence-corrected chi connectivity index (χ4v) is 3.42. The molecule has 1 N–H and O–H groups in total. The summed E-state index contributed by atoms with van der Waals surface area (Å²) in [5, 5.41) is 3.29. The number of nitrogens with one attached hydrogen (secondary N) is 1. The molecule has 0 aliphatic carbocycles. The van der Waals surface area contributed by atoms with Gasteiger partial charge in [-0.15, -0.1) is 0 Å². The molecule has 0 atom stereocenters. The van der Waals surface area contributed by atoms with Gasteiger partial charge in [0, 0.05) is 34.2 Å². The molecule has 0 unspecified atom stereocenters. The average molecular weight is 381 g/mol. The van der Waals surface area contributed by atoms with E-state index in [9.17, 15) is 0 Å². The Hall–Kier alpha value is -2.40. The summed E-state index contributed by atoms with van der Waals surface area (Å²) in [5.74, 6) is 1.55. The molecule has 0 amide bonds. The van der Waals surface area contributed by atoms with Gasteiger partial charge in [0.25, 0.3) is 0 Å². The summed E-state index contributed by atoms with van der Waals surface area (Å²) < 4.78 is 1.02. The van der Waals surface area contributed by atoms with Crippen molar-refractivity contribution in [3.8, 4) is 0 Å². The van der Waals surface area contributed by atoms with Gasteiger partial charge in [-0.1, -0.05) is 40.2 Å². The number of rotatable bonds is 3. The highest BCUT2D eigenvalue weighted by Crippen LogP contribution is 2.34. The number of halogens is 1. The lowest BCUT2D eigenvalue weighted by atomic mass is 10.2. The molecule has 0 radical (unpaired) electrons. The van der Waals surface area contributed by atoms with Crippen molar-refractivity contribution in [2.45, 2.75) is 13.3 Å². The third-order valence-corrected chi connectivity index (χ3v) is 4.58. The second-order valence-electron chi connectivity index (χ2n) is 5.86. The van der Waals surface area contributed by atoms with E-state index in [4.69, 9.17) is 4.98 Å². The molecule has 2 heterocycles. The van der Waals surface area contributed by atoms with Crippen molar-refractivity contribution in [1.29, 1.82) is 0 Å². The quantitative estimate of drug-likeness (QED) is 0.694. The number of fused-ring (bicyclic) bond motifs is 1. The van der Waals surface area contributed by atoms with E-state index < -0.39 is 0 Å². The van der Waals surface area contributed by atoms with Crippen molar-refractivity contribution in [1.82, 2.24) is 9.97 Å². The molecule has 0 saturated heterocycles. The van der Waals surface area contributed by atoms with E-state index in [-0.39, 0.29) is 0 Å². The summed E-state index contributed by atoms with van der Waals surface area (Å²) in [6, 6.07) is 18.5. The molecule has 120 valence electrons. The Balaban J connectivity index is 1.67. The molecular formula is C19H17BrN4. The number of aromatic nitrogens is 2. The number of nitrogens with zero attached hydrogens (tertiary/aromatic N) is 3. The fourth-order valence-electron chi connectivity index (χ4n) is 3.02. The highest BCUT2D eigenvalue weighted by atomic mass is 79.9. The van der Waals surface area contributed by atoms with Gasteiger partial charge in [-0.2, -0.15) is 4.98 Å². The Kier molecular flexibility index (Phi) is 3.94. The number of benzene rings is 2. The van der Waals surface area contributed by atoms with E-state index in [1.807, 2.05) is 37.3 Å². The van der Waals surface area contributed by atoms with Gasteiger partial charge in [-0.3, -0.25) is 0 Å². The van der Waals surface area contributed by atoms with Crippen LogP contribution in [0.4, 0.5) is 23.1 Å². The molecule has 0 fully saturated rings. The molecule has 4 nitrogen and oxygen atoms in total. The van der Waals surface area contributed by atoms with Crippen molar-refractivity contribution in [3.05, 3.63) is 70.3 Å². The molecule has 0 spiro atoms. The van der Waals surface area contributed by atoms with Crippen LogP contribution < -0.4 is 10.2 Å². The van der Waals surface area contributed by atoms with Crippen molar-refractivity contribution in [3.63, 3.8) is 0 Å². The minimum Gasteiger partial charge on any atom is -0.326 e. The highest BCUT2D eigenvalue weighted by Gasteiger charge is 2.21. The average Bonchev–Trinajstić information content (AvgIpc) is 2.98. The van der Waals surface area contributed by atoms with Crippen LogP contribution in [0.3, 0.4) is 0 Å². The van der Waals surface area contributed by atoms with Gasteiger partial charge in [0.1, 0.15) is 5.82 Å². The zero-order chi connectivity index (χ0) is 16.5. The fraction of sp³-hybridized carbons (Fsp3) is 0.158. The molecule has 1 aliphatic heterocycles. The second-order valence-corrected chi connectivity index (χ2v) is 6.77. The summed E-state index contributed by atoms with van der Waals surface area (Å²) in [6.07, 6.45) is 1.05. The van der Waals surface area contributed by atoms with Crippen LogP contribution in [0, 0.1) is 6.92 Å². The number of hydrogen-bond donors (Lipinski definition) is 1. The molecule has 0 bridgehead atoms. The van der Waals surface area contributed by atoms with Gasteiger partial charge in [0.2, 0.25) is 5.95 Å². The highest BCUT2D eigenvalue weighted by molar-refractivity contribution is 9.10. The van der Waals surface area contributed by atoms with Gasteiger partial charge in [-0.05, 0) is 43.2 Å². The molecule has 5 heteroatoms. The van der Waals surface area contributed by atoms with E-state index >= 15 is 0 Å². The Bertz CT molecular complexity index is 894. The summed E-state index contributed by atoms with van der Waals surface area (Å²) in [6.45, 7) is 2.95. The summed E-state index contributed by atoms with van der Waals surface area (Å²) in [4.78, 5) is 11.5. The van der Waals surface area contributed by atoms with E-state index in [0.29, 0.717) is 5.95 Å². The van der Waals surface area contributed by atoms with Crippen LogP contribution in [0.2, 0.25) is 0 Å². The minimum atomic E-state index is 0.618. The largest absolute Gasteiger partial charge is 0.326 e. The Morgan fingerprint density at radius 1 is 1.04 bits per heavy atom. The van der Waals surface area contributed by atoms with Crippen LogP contribution >= 0.6 is 15.9 Å². The maximum Gasteiger partial charge on any atom is 0.229 e. The zero-order valence-corrected chi connectivity index (χ0v) is 14.9. The molecule has 1 aromatic heterocycles. The Labute approximate surface area is 149 Å². The van der Waals surface area contributed by atoms with Gasteiger partial charge >= 0.3 is 0 Å². The number of aryl methyl sites for hydroxylation is 1. The zero-order valence-electron chi connectivity index (χ0n) is 13.3. The van der Waals surface area contributed by atoms with Crippen LogP contribution in [-0.2, 0) is 6.42 Å². The maximum absolute atomic E-state index is 4.73. The van der Waals surface area contributed by atoms with Crippen molar-refractivity contribution >= 4 is 39.1 Å². The maximum atomic E-state index is 4.73. The standard InChI is InChI=1S/C19H17BrN4/c1-13-11-18(24-10-9-14-5-2-3-8-17(14)24)23-19(21-13)22-16-7-4-6-15(20)12-16/h2-8,11-12H,9-10H2,1H3,(H,21,22,23). The number of para-hydroxylation sites is 1. The van der Waals surface area contributed by atoms with Crippen LogP contribution in [-0.4, -0.2) is 16.5 Å². The van der Waals surface area contributed by atoms with Gasteiger partial charge < -0.3 is 10.2 Å². The Morgan fingerprint density at radius 3 is 2.79 bits per heavy atom. The summed E-state index contributed by atoms with van der Waals surface area (Å²) in [5.41, 5.74) is 4.52.